The van der Waals surface area contributed by atoms with Gasteiger partial charge in [0.2, 0.25) is 17.7 Å². The van der Waals surface area contributed by atoms with Crippen LogP contribution in [0.15, 0.2) is 28.9 Å². The molecule has 4 rings (SSSR count). The summed E-state index contributed by atoms with van der Waals surface area (Å²) in [6, 6.07) is 3.62. The van der Waals surface area contributed by atoms with Crippen LogP contribution in [0, 0.1) is 5.92 Å². The molecular weight excluding hydrogens is 328 g/mol. The van der Waals surface area contributed by atoms with Gasteiger partial charge in [-0.05, 0) is 43.7 Å². The van der Waals surface area contributed by atoms with Crippen LogP contribution >= 0.6 is 0 Å². The molecule has 1 aliphatic heterocycles. The van der Waals surface area contributed by atoms with Crippen LogP contribution in [0.3, 0.4) is 0 Å². The highest BCUT2D eigenvalue weighted by atomic mass is 16.4. The van der Waals surface area contributed by atoms with E-state index in [1.807, 2.05) is 17.0 Å². The topological polar surface area (TPSA) is 72.1 Å². The Bertz CT molecular complexity index is 724. The van der Waals surface area contributed by atoms with Gasteiger partial charge in [-0.15, -0.1) is 10.2 Å². The van der Waals surface area contributed by atoms with E-state index < -0.39 is 0 Å². The molecule has 3 heterocycles. The monoisotopic (exact) mass is 354 g/mol. The van der Waals surface area contributed by atoms with Crippen LogP contribution in [0.25, 0.3) is 11.5 Å². The van der Waals surface area contributed by atoms with Crippen LogP contribution < -0.4 is 0 Å². The molecule has 1 atom stereocenters. The maximum atomic E-state index is 12.8. The Morgan fingerprint density at radius 1 is 1.08 bits per heavy atom. The molecule has 1 saturated heterocycles. The number of carbonyl (C=O) groups is 1. The summed E-state index contributed by atoms with van der Waals surface area (Å²) < 4.78 is 5.92. The van der Waals surface area contributed by atoms with Crippen molar-refractivity contribution in [1.29, 1.82) is 0 Å². The third-order valence-corrected chi connectivity index (χ3v) is 5.72. The number of carbonyl (C=O) groups excluding carboxylic acids is 1. The number of rotatable bonds is 5. The minimum absolute atomic E-state index is 0.0806. The molecule has 1 amide bonds. The van der Waals surface area contributed by atoms with Gasteiger partial charge >= 0.3 is 0 Å². The van der Waals surface area contributed by atoms with E-state index in [0.717, 1.165) is 43.7 Å². The highest BCUT2D eigenvalue weighted by Crippen LogP contribution is 2.34. The first-order valence-corrected chi connectivity index (χ1v) is 9.84. The molecule has 0 N–H and O–H groups in total. The molecule has 6 nitrogen and oxygen atoms in total. The van der Waals surface area contributed by atoms with Gasteiger partial charge in [-0.2, -0.15) is 0 Å². The Hall–Kier alpha value is -2.24. The standard InChI is InChI=1S/C20H26N4O2/c25-18(9-8-15-5-1-2-6-15)24-14-4-3-7-17(24)20-23-22-19(26-20)16-10-12-21-13-11-16/h10-13,15,17H,1-9,14H2. The molecule has 1 aliphatic carbocycles. The van der Waals surface area contributed by atoms with E-state index in [1.165, 1.54) is 25.7 Å². The van der Waals surface area contributed by atoms with Gasteiger partial charge in [0, 0.05) is 30.9 Å². The van der Waals surface area contributed by atoms with E-state index in [9.17, 15) is 4.79 Å². The lowest BCUT2D eigenvalue weighted by molar-refractivity contribution is -0.136. The summed E-state index contributed by atoms with van der Waals surface area (Å²) in [5.41, 5.74) is 0.855. The lowest BCUT2D eigenvalue weighted by Crippen LogP contribution is -2.38. The number of amides is 1. The molecule has 2 fully saturated rings. The molecule has 0 spiro atoms. The molecule has 2 aromatic heterocycles. The second-order valence-corrected chi connectivity index (χ2v) is 7.47. The minimum atomic E-state index is -0.0806. The maximum Gasteiger partial charge on any atom is 0.247 e. The van der Waals surface area contributed by atoms with E-state index in [-0.39, 0.29) is 11.9 Å². The Kier molecular flexibility index (Phi) is 5.27. The van der Waals surface area contributed by atoms with Crippen molar-refractivity contribution in [2.24, 2.45) is 5.92 Å². The van der Waals surface area contributed by atoms with Crippen LogP contribution in [0.4, 0.5) is 0 Å². The van der Waals surface area contributed by atoms with E-state index in [0.29, 0.717) is 18.2 Å². The predicted octanol–water partition coefficient (Wildman–Crippen LogP) is 4.16. The molecule has 0 aromatic carbocycles. The van der Waals surface area contributed by atoms with Crippen molar-refractivity contribution in [2.45, 2.75) is 63.8 Å². The summed E-state index contributed by atoms with van der Waals surface area (Å²) in [4.78, 5) is 18.8. The van der Waals surface area contributed by atoms with Crippen molar-refractivity contribution in [1.82, 2.24) is 20.1 Å². The first kappa shape index (κ1) is 17.2. The van der Waals surface area contributed by atoms with Crippen molar-refractivity contribution in [2.75, 3.05) is 6.54 Å². The third kappa shape index (κ3) is 3.79. The van der Waals surface area contributed by atoms with Gasteiger partial charge in [0.25, 0.3) is 0 Å². The molecule has 2 aromatic rings. The predicted molar refractivity (Wildman–Crippen MR) is 97.0 cm³/mol. The summed E-state index contributed by atoms with van der Waals surface area (Å²) in [6.45, 7) is 0.793. The molecule has 0 radical (unpaired) electrons. The molecule has 26 heavy (non-hydrogen) atoms. The maximum absolute atomic E-state index is 12.8. The van der Waals surface area contributed by atoms with Gasteiger partial charge in [0.15, 0.2) is 0 Å². The summed E-state index contributed by atoms with van der Waals surface area (Å²) in [6.07, 6.45) is 13.3. The quantitative estimate of drug-likeness (QED) is 0.806. The Balaban J connectivity index is 1.45. The number of piperidine rings is 1. The van der Waals surface area contributed by atoms with Gasteiger partial charge in [0.1, 0.15) is 6.04 Å². The average molecular weight is 354 g/mol. The molecule has 0 bridgehead atoms. The van der Waals surface area contributed by atoms with Crippen LogP contribution in [0.1, 0.15) is 69.7 Å². The van der Waals surface area contributed by atoms with Gasteiger partial charge in [0.05, 0.1) is 0 Å². The molecule has 1 unspecified atom stereocenters. The minimum Gasteiger partial charge on any atom is -0.418 e. The Morgan fingerprint density at radius 3 is 2.65 bits per heavy atom. The van der Waals surface area contributed by atoms with Crippen molar-refractivity contribution in [3.63, 3.8) is 0 Å². The van der Waals surface area contributed by atoms with Crippen LogP contribution in [-0.4, -0.2) is 32.5 Å². The molecule has 1 saturated carbocycles. The van der Waals surface area contributed by atoms with Crippen molar-refractivity contribution >= 4 is 5.91 Å². The average Bonchev–Trinajstić information content (AvgIpc) is 3.39. The highest BCUT2D eigenvalue weighted by Gasteiger charge is 2.32. The molecule has 6 heteroatoms. The zero-order valence-electron chi connectivity index (χ0n) is 15.1. The second kappa shape index (κ2) is 7.98. The summed E-state index contributed by atoms with van der Waals surface area (Å²) >= 11 is 0. The summed E-state index contributed by atoms with van der Waals surface area (Å²) in [5, 5.41) is 8.44. The third-order valence-electron chi connectivity index (χ3n) is 5.72. The fraction of sp³-hybridized carbons (Fsp3) is 0.600. The largest absolute Gasteiger partial charge is 0.418 e. The van der Waals surface area contributed by atoms with Crippen LogP contribution in [-0.2, 0) is 4.79 Å². The fourth-order valence-electron chi connectivity index (χ4n) is 4.24. The molecule has 2 aliphatic rings. The van der Waals surface area contributed by atoms with Crippen molar-refractivity contribution in [3.05, 3.63) is 30.4 Å². The molecule has 138 valence electrons. The zero-order chi connectivity index (χ0) is 17.8. The van der Waals surface area contributed by atoms with Gasteiger partial charge in [-0.3, -0.25) is 9.78 Å². The van der Waals surface area contributed by atoms with Crippen LogP contribution in [0.5, 0.6) is 0 Å². The van der Waals surface area contributed by atoms with Gasteiger partial charge in [-0.25, -0.2) is 0 Å². The fourth-order valence-corrected chi connectivity index (χ4v) is 4.24. The lowest BCUT2D eigenvalue weighted by Gasteiger charge is -2.33. The second-order valence-electron chi connectivity index (χ2n) is 7.47. The van der Waals surface area contributed by atoms with Gasteiger partial charge < -0.3 is 9.32 Å². The summed E-state index contributed by atoms with van der Waals surface area (Å²) in [7, 11) is 0. The van der Waals surface area contributed by atoms with E-state index in [4.69, 9.17) is 4.42 Å². The Labute approximate surface area is 154 Å². The summed E-state index contributed by atoms with van der Waals surface area (Å²) in [5.74, 6) is 2.03. The smallest absolute Gasteiger partial charge is 0.247 e. The first-order chi connectivity index (χ1) is 12.8. The normalized spacial score (nSPS) is 21.2. The lowest BCUT2D eigenvalue weighted by atomic mass is 9.98. The van der Waals surface area contributed by atoms with E-state index in [2.05, 4.69) is 15.2 Å². The van der Waals surface area contributed by atoms with Crippen molar-refractivity contribution in [3.8, 4) is 11.5 Å². The van der Waals surface area contributed by atoms with Gasteiger partial charge in [-0.1, -0.05) is 25.7 Å². The SMILES string of the molecule is O=C(CCC1CCCC1)N1CCCCC1c1nnc(-c2ccncc2)o1. The zero-order valence-corrected chi connectivity index (χ0v) is 15.1. The van der Waals surface area contributed by atoms with E-state index in [1.54, 1.807) is 12.4 Å². The number of nitrogens with zero attached hydrogens (tertiary/aromatic N) is 4. The number of hydrogen-bond acceptors (Lipinski definition) is 5. The number of pyridine rings is 1. The first-order valence-electron chi connectivity index (χ1n) is 9.84. The molecular formula is C20H26N4O2. The van der Waals surface area contributed by atoms with Crippen LogP contribution in [0.2, 0.25) is 0 Å². The number of hydrogen-bond donors (Lipinski definition) is 0. The highest BCUT2D eigenvalue weighted by molar-refractivity contribution is 5.76. The number of likely N-dealkylation sites (tertiary alicyclic amines) is 1. The Morgan fingerprint density at radius 2 is 1.85 bits per heavy atom. The van der Waals surface area contributed by atoms with Crippen molar-refractivity contribution < 1.29 is 9.21 Å². The van der Waals surface area contributed by atoms with E-state index >= 15 is 0 Å². The number of aromatic nitrogens is 3.